The van der Waals surface area contributed by atoms with Crippen molar-refractivity contribution in [3.05, 3.63) is 32.3 Å². The van der Waals surface area contributed by atoms with Crippen LogP contribution >= 0.6 is 38.9 Å². The van der Waals surface area contributed by atoms with Crippen molar-refractivity contribution in [1.29, 1.82) is 0 Å². The SMILES string of the molecule is CN(C)CCOc1cc(Cl)sc1C(=O)N[C@@H]1CCCN(c2cc(Br)n3ncnc(N)c23)C1. The number of ether oxygens (including phenoxy) is 1. The van der Waals surface area contributed by atoms with Crippen LogP contribution in [-0.4, -0.2) is 71.8 Å². The van der Waals surface area contributed by atoms with Crippen molar-refractivity contribution in [1.82, 2.24) is 24.8 Å². The minimum absolute atomic E-state index is 0.0219. The molecule has 1 aliphatic rings. The monoisotopic (exact) mass is 541 g/mol. The van der Waals surface area contributed by atoms with Crippen LogP contribution in [0.3, 0.4) is 0 Å². The summed E-state index contributed by atoms with van der Waals surface area (Å²) in [6.07, 6.45) is 3.25. The van der Waals surface area contributed by atoms with Crippen LogP contribution in [0.5, 0.6) is 5.75 Å². The number of amides is 1. The van der Waals surface area contributed by atoms with Gasteiger partial charge in [0.1, 0.15) is 33.7 Å². The number of nitrogens with two attached hydrogens (primary N) is 1. The third-order valence-electron chi connectivity index (χ3n) is 5.29. The summed E-state index contributed by atoms with van der Waals surface area (Å²) >= 11 is 10.9. The van der Waals surface area contributed by atoms with Gasteiger partial charge in [0.05, 0.1) is 10.0 Å². The lowest BCUT2D eigenvalue weighted by Gasteiger charge is -2.34. The molecule has 1 saturated heterocycles. The Balaban J connectivity index is 1.47. The van der Waals surface area contributed by atoms with Crippen molar-refractivity contribution in [3.8, 4) is 5.75 Å². The van der Waals surface area contributed by atoms with Gasteiger partial charge in [0.25, 0.3) is 5.91 Å². The zero-order valence-electron chi connectivity index (χ0n) is 17.8. The Morgan fingerprint density at radius 3 is 3.06 bits per heavy atom. The molecule has 3 aromatic rings. The number of nitrogens with zero attached hydrogens (tertiary/aromatic N) is 5. The molecule has 32 heavy (non-hydrogen) atoms. The molecule has 0 aliphatic carbocycles. The summed E-state index contributed by atoms with van der Waals surface area (Å²) in [7, 11) is 3.94. The lowest BCUT2D eigenvalue weighted by Crippen LogP contribution is -2.47. The number of hydrogen-bond acceptors (Lipinski definition) is 8. The highest BCUT2D eigenvalue weighted by Gasteiger charge is 2.27. The van der Waals surface area contributed by atoms with E-state index < -0.39 is 0 Å². The van der Waals surface area contributed by atoms with Crippen LogP contribution in [0.4, 0.5) is 11.5 Å². The zero-order valence-corrected chi connectivity index (χ0v) is 21.0. The molecule has 1 atom stereocenters. The van der Waals surface area contributed by atoms with Crippen molar-refractivity contribution in [2.75, 3.05) is 51.0 Å². The maximum atomic E-state index is 13.0. The number of anilines is 2. The van der Waals surface area contributed by atoms with Gasteiger partial charge in [0.2, 0.25) is 0 Å². The molecule has 0 bridgehead atoms. The van der Waals surface area contributed by atoms with E-state index >= 15 is 0 Å². The summed E-state index contributed by atoms with van der Waals surface area (Å²) in [4.78, 5) is 21.9. The van der Waals surface area contributed by atoms with Crippen LogP contribution in [0.15, 0.2) is 23.1 Å². The van der Waals surface area contributed by atoms with Gasteiger partial charge in [-0.3, -0.25) is 4.79 Å². The highest BCUT2D eigenvalue weighted by molar-refractivity contribution is 9.10. The van der Waals surface area contributed by atoms with Crippen molar-refractivity contribution >= 4 is 61.8 Å². The van der Waals surface area contributed by atoms with Crippen molar-refractivity contribution in [2.24, 2.45) is 0 Å². The topological polar surface area (TPSA) is 101 Å². The van der Waals surface area contributed by atoms with E-state index in [2.05, 4.69) is 36.2 Å². The zero-order chi connectivity index (χ0) is 22.8. The maximum absolute atomic E-state index is 13.0. The molecule has 4 heterocycles. The molecule has 12 heteroatoms. The van der Waals surface area contributed by atoms with E-state index in [1.807, 2.05) is 25.1 Å². The predicted octanol–water partition coefficient (Wildman–Crippen LogP) is 3.13. The van der Waals surface area contributed by atoms with Crippen molar-refractivity contribution in [3.63, 3.8) is 0 Å². The molecule has 0 spiro atoms. The second kappa shape index (κ2) is 9.82. The Morgan fingerprint density at radius 2 is 2.28 bits per heavy atom. The summed E-state index contributed by atoms with van der Waals surface area (Å²) in [5.41, 5.74) is 7.83. The number of piperidine rings is 1. The predicted molar refractivity (Wildman–Crippen MR) is 131 cm³/mol. The maximum Gasteiger partial charge on any atom is 0.265 e. The molecule has 1 fully saturated rings. The minimum Gasteiger partial charge on any atom is -0.490 e. The Labute approximate surface area is 203 Å². The van der Waals surface area contributed by atoms with E-state index in [9.17, 15) is 4.79 Å². The van der Waals surface area contributed by atoms with E-state index in [1.54, 1.807) is 10.6 Å². The van der Waals surface area contributed by atoms with Crippen LogP contribution in [0, 0.1) is 0 Å². The normalized spacial score (nSPS) is 16.7. The smallest absolute Gasteiger partial charge is 0.265 e. The first-order valence-corrected chi connectivity index (χ1v) is 12.2. The van der Waals surface area contributed by atoms with E-state index in [0.717, 1.165) is 41.7 Å². The number of carbonyl (C=O) groups is 1. The number of carbonyl (C=O) groups excluding carboxylic acids is 1. The molecule has 172 valence electrons. The number of halogens is 2. The fourth-order valence-electron chi connectivity index (χ4n) is 3.77. The summed E-state index contributed by atoms with van der Waals surface area (Å²) < 4.78 is 8.87. The largest absolute Gasteiger partial charge is 0.490 e. The quantitative estimate of drug-likeness (QED) is 0.473. The number of hydrogen-bond donors (Lipinski definition) is 2. The van der Waals surface area contributed by atoms with Crippen LogP contribution < -0.4 is 20.7 Å². The Bertz CT molecular complexity index is 1120. The van der Waals surface area contributed by atoms with Crippen LogP contribution in [0.25, 0.3) is 5.52 Å². The summed E-state index contributed by atoms with van der Waals surface area (Å²) in [5.74, 6) is 0.776. The van der Waals surface area contributed by atoms with Gasteiger partial charge in [-0.25, -0.2) is 9.50 Å². The fraction of sp³-hybridized carbons (Fsp3) is 0.450. The molecule has 3 N–H and O–H groups in total. The molecule has 0 unspecified atom stereocenters. The van der Waals surface area contributed by atoms with Gasteiger partial charge in [0.15, 0.2) is 5.82 Å². The van der Waals surface area contributed by atoms with Gasteiger partial charge in [-0.05, 0) is 48.9 Å². The molecule has 4 rings (SSSR count). The highest BCUT2D eigenvalue weighted by atomic mass is 79.9. The van der Waals surface area contributed by atoms with Gasteiger partial charge in [-0.1, -0.05) is 11.6 Å². The molecule has 0 radical (unpaired) electrons. The summed E-state index contributed by atoms with van der Waals surface area (Å²) in [6, 6.07) is 3.67. The minimum atomic E-state index is -0.167. The van der Waals surface area contributed by atoms with Crippen molar-refractivity contribution in [2.45, 2.75) is 18.9 Å². The van der Waals surface area contributed by atoms with Gasteiger partial charge < -0.3 is 25.6 Å². The average molecular weight is 543 g/mol. The molecule has 0 saturated carbocycles. The van der Waals surface area contributed by atoms with E-state index in [4.69, 9.17) is 22.1 Å². The third-order valence-corrected chi connectivity index (χ3v) is 7.10. The highest BCUT2D eigenvalue weighted by Crippen LogP contribution is 2.34. The number of thiophene rings is 1. The van der Waals surface area contributed by atoms with Gasteiger partial charge in [-0.15, -0.1) is 11.3 Å². The second-order valence-corrected chi connectivity index (χ2v) is 10.4. The number of nitrogens with one attached hydrogen (secondary N) is 1. The number of nitrogen functional groups attached to an aromatic ring is 1. The average Bonchev–Trinajstić information content (AvgIpc) is 3.29. The van der Waals surface area contributed by atoms with Gasteiger partial charge >= 0.3 is 0 Å². The Kier molecular flexibility index (Phi) is 7.08. The third kappa shape index (κ3) is 4.95. The van der Waals surface area contributed by atoms with Crippen LogP contribution in [0.2, 0.25) is 4.34 Å². The first-order chi connectivity index (χ1) is 15.3. The fourth-order valence-corrected chi connectivity index (χ4v) is 5.31. The Morgan fingerprint density at radius 1 is 1.47 bits per heavy atom. The summed E-state index contributed by atoms with van der Waals surface area (Å²) in [5, 5.41) is 7.42. The Hall–Kier alpha value is -2.08. The molecule has 0 aromatic carbocycles. The second-order valence-electron chi connectivity index (χ2n) is 7.91. The number of likely N-dealkylation sites (N-methyl/N-ethyl adjacent to an activating group) is 1. The van der Waals surface area contributed by atoms with Crippen LogP contribution in [0.1, 0.15) is 22.5 Å². The number of rotatable bonds is 7. The van der Waals surface area contributed by atoms with Crippen molar-refractivity contribution < 1.29 is 9.53 Å². The lowest BCUT2D eigenvalue weighted by atomic mass is 10.0. The number of fused-ring (bicyclic) bond motifs is 1. The first-order valence-electron chi connectivity index (χ1n) is 10.2. The van der Waals surface area contributed by atoms with E-state index in [0.29, 0.717) is 33.9 Å². The molecular formula is C20H25BrClN7O2S. The van der Waals surface area contributed by atoms with Crippen LogP contribution in [-0.2, 0) is 0 Å². The van der Waals surface area contributed by atoms with Gasteiger partial charge in [-0.2, -0.15) is 5.10 Å². The molecule has 1 aliphatic heterocycles. The standard InChI is InChI=1S/C20H25BrClN7O2S/c1-27(2)6-7-31-14-9-16(22)32-18(14)20(30)26-12-4-3-5-28(10-12)13-8-15(21)29-17(13)19(23)24-11-25-29/h8-9,11-12H,3-7,10H2,1-2H3,(H,26,30)(H2,23,24,25)/t12-/m1/s1. The first kappa shape index (κ1) is 23.1. The molecule has 3 aromatic heterocycles. The lowest BCUT2D eigenvalue weighted by molar-refractivity contribution is 0.0933. The summed E-state index contributed by atoms with van der Waals surface area (Å²) in [6.45, 7) is 2.75. The number of aromatic nitrogens is 3. The molecular weight excluding hydrogens is 518 g/mol. The van der Waals surface area contributed by atoms with E-state index in [1.165, 1.54) is 17.7 Å². The molecule has 9 nitrogen and oxygen atoms in total. The molecule has 1 amide bonds. The van der Waals surface area contributed by atoms with Gasteiger partial charge in [0, 0.05) is 31.7 Å². The van der Waals surface area contributed by atoms with E-state index in [-0.39, 0.29) is 11.9 Å².